The summed E-state index contributed by atoms with van der Waals surface area (Å²) in [7, 11) is 1.52. The number of carbonyl (C=O) groups is 2. The SMILES string of the molecule is CCN(CC(=O)Nc1ccccc1OC)C(C)(C)C(=O)O. The first-order valence-corrected chi connectivity index (χ1v) is 6.74. The molecule has 0 aliphatic heterocycles. The van der Waals surface area contributed by atoms with Crippen molar-refractivity contribution < 1.29 is 19.4 Å². The summed E-state index contributed by atoms with van der Waals surface area (Å²) in [6, 6.07) is 7.07. The number of amides is 1. The van der Waals surface area contributed by atoms with Crippen LogP contribution in [0.2, 0.25) is 0 Å². The van der Waals surface area contributed by atoms with Gasteiger partial charge in [-0.05, 0) is 32.5 Å². The third-order valence-electron chi connectivity index (χ3n) is 3.41. The molecule has 116 valence electrons. The highest BCUT2D eigenvalue weighted by Gasteiger charge is 2.34. The quantitative estimate of drug-likeness (QED) is 0.802. The minimum atomic E-state index is -1.10. The molecule has 1 aromatic carbocycles. The van der Waals surface area contributed by atoms with Crippen LogP contribution in [0.4, 0.5) is 5.69 Å². The van der Waals surface area contributed by atoms with Crippen LogP contribution in [0.15, 0.2) is 24.3 Å². The van der Waals surface area contributed by atoms with Crippen LogP contribution in [-0.2, 0) is 9.59 Å². The average Bonchev–Trinajstić information content (AvgIpc) is 2.44. The molecule has 0 unspecified atom stereocenters. The summed E-state index contributed by atoms with van der Waals surface area (Å²) in [5.41, 5.74) is -0.540. The van der Waals surface area contributed by atoms with Gasteiger partial charge in [-0.1, -0.05) is 19.1 Å². The zero-order chi connectivity index (χ0) is 16.0. The van der Waals surface area contributed by atoms with E-state index >= 15 is 0 Å². The molecule has 0 radical (unpaired) electrons. The van der Waals surface area contributed by atoms with Gasteiger partial charge in [-0.2, -0.15) is 0 Å². The van der Waals surface area contributed by atoms with Gasteiger partial charge in [0, 0.05) is 0 Å². The summed E-state index contributed by atoms with van der Waals surface area (Å²) in [6.07, 6.45) is 0. The van der Waals surface area contributed by atoms with Gasteiger partial charge < -0.3 is 15.2 Å². The summed E-state index contributed by atoms with van der Waals surface area (Å²) in [5, 5.41) is 12.0. The summed E-state index contributed by atoms with van der Waals surface area (Å²) in [6.45, 7) is 5.43. The van der Waals surface area contributed by atoms with E-state index in [1.54, 1.807) is 43.0 Å². The highest BCUT2D eigenvalue weighted by Crippen LogP contribution is 2.23. The van der Waals surface area contributed by atoms with E-state index in [1.807, 2.05) is 6.92 Å². The fraction of sp³-hybridized carbons (Fsp3) is 0.467. The molecule has 1 rings (SSSR count). The summed E-state index contributed by atoms with van der Waals surface area (Å²) in [5.74, 6) is -0.684. The normalized spacial score (nSPS) is 11.3. The Morgan fingerprint density at radius 2 is 1.95 bits per heavy atom. The second-order valence-corrected chi connectivity index (χ2v) is 5.13. The van der Waals surface area contributed by atoms with Crippen LogP contribution in [0, 0.1) is 0 Å². The second kappa shape index (κ2) is 7.08. The van der Waals surface area contributed by atoms with Crippen LogP contribution in [-0.4, -0.2) is 47.6 Å². The lowest BCUT2D eigenvalue weighted by Crippen LogP contribution is -2.52. The molecule has 0 atom stereocenters. The Bertz CT molecular complexity index is 514. The van der Waals surface area contributed by atoms with E-state index in [0.717, 1.165) is 0 Å². The number of aliphatic carboxylic acids is 1. The summed E-state index contributed by atoms with van der Waals surface area (Å²) < 4.78 is 5.16. The van der Waals surface area contributed by atoms with E-state index < -0.39 is 11.5 Å². The van der Waals surface area contributed by atoms with Gasteiger partial charge in [0.2, 0.25) is 5.91 Å². The molecule has 6 nitrogen and oxygen atoms in total. The van der Waals surface area contributed by atoms with E-state index in [4.69, 9.17) is 4.74 Å². The topological polar surface area (TPSA) is 78.9 Å². The molecule has 2 N–H and O–H groups in total. The highest BCUT2D eigenvalue weighted by atomic mass is 16.5. The number of methoxy groups -OCH3 is 1. The number of carbonyl (C=O) groups excluding carboxylic acids is 1. The second-order valence-electron chi connectivity index (χ2n) is 5.13. The summed E-state index contributed by atoms with van der Waals surface area (Å²) >= 11 is 0. The molecule has 1 amide bonds. The Morgan fingerprint density at radius 3 is 2.48 bits per heavy atom. The van der Waals surface area contributed by atoms with Crippen LogP contribution in [0.3, 0.4) is 0 Å². The van der Waals surface area contributed by atoms with Crippen LogP contribution in [0.25, 0.3) is 0 Å². The van der Waals surface area contributed by atoms with Crippen molar-refractivity contribution >= 4 is 17.6 Å². The molecular weight excluding hydrogens is 272 g/mol. The fourth-order valence-electron chi connectivity index (χ4n) is 1.95. The zero-order valence-corrected chi connectivity index (χ0v) is 12.8. The largest absolute Gasteiger partial charge is 0.495 e. The Morgan fingerprint density at radius 1 is 1.33 bits per heavy atom. The van der Waals surface area contributed by atoms with Crippen LogP contribution < -0.4 is 10.1 Å². The van der Waals surface area contributed by atoms with E-state index in [0.29, 0.717) is 18.0 Å². The van der Waals surface area contributed by atoms with E-state index in [1.165, 1.54) is 7.11 Å². The van der Waals surface area contributed by atoms with Gasteiger partial charge in [0.15, 0.2) is 0 Å². The molecule has 0 fully saturated rings. The number of nitrogens with zero attached hydrogens (tertiary/aromatic N) is 1. The summed E-state index contributed by atoms with van der Waals surface area (Å²) in [4.78, 5) is 25.0. The number of hydrogen-bond acceptors (Lipinski definition) is 4. The molecular formula is C15H22N2O4. The van der Waals surface area contributed by atoms with Gasteiger partial charge in [-0.15, -0.1) is 0 Å². The van der Waals surface area contributed by atoms with Crippen molar-refractivity contribution in [1.29, 1.82) is 0 Å². The lowest BCUT2D eigenvalue weighted by atomic mass is 10.0. The smallest absolute Gasteiger partial charge is 0.323 e. The standard InChI is InChI=1S/C15H22N2O4/c1-5-17(15(2,3)14(19)20)10-13(18)16-11-8-6-7-9-12(11)21-4/h6-9H,5,10H2,1-4H3,(H,16,18)(H,19,20). The van der Waals surface area contributed by atoms with Gasteiger partial charge in [-0.3, -0.25) is 14.5 Å². The predicted octanol–water partition coefficient (Wildman–Crippen LogP) is 1.82. The van der Waals surface area contributed by atoms with E-state index in [9.17, 15) is 14.7 Å². The Balaban J connectivity index is 2.78. The third kappa shape index (κ3) is 4.19. The average molecular weight is 294 g/mol. The van der Waals surface area contributed by atoms with Crippen molar-refractivity contribution in [3.8, 4) is 5.75 Å². The minimum absolute atomic E-state index is 0.00610. The van der Waals surface area contributed by atoms with Crippen LogP contribution >= 0.6 is 0 Å². The molecule has 0 saturated heterocycles. The molecule has 0 heterocycles. The predicted molar refractivity (Wildman–Crippen MR) is 80.6 cm³/mol. The maximum atomic E-state index is 12.1. The molecule has 1 aromatic rings. The number of ether oxygens (including phenoxy) is 1. The Hall–Kier alpha value is -2.08. The number of hydrogen-bond donors (Lipinski definition) is 2. The molecule has 0 aliphatic carbocycles. The third-order valence-corrected chi connectivity index (χ3v) is 3.41. The lowest BCUT2D eigenvalue weighted by molar-refractivity contribution is -0.149. The first-order valence-electron chi connectivity index (χ1n) is 6.74. The first kappa shape index (κ1) is 17.0. The zero-order valence-electron chi connectivity index (χ0n) is 12.8. The first-order chi connectivity index (χ1) is 9.82. The number of rotatable bonds is 7. The fourth-order valence-corrected chi connectivity index (χ4v) is 1.95. The minimum Gasteiger partial charge on any atom is -0.495 e. The van der Waals surface area contributed by atoms with Crippen molar-refractivity contribution in [3.05, 3.63) is 24.3 Å². The Kier molecular flexibility index (Phi) is 5.72. The number of nitrogens with one attached hydrogen (secondary N) is 1. The van der Waals surface area contributed by atoms with Gasteiger partial charge >= 0.3 is 5.97 Å². The van der Waals surface area contributed by atoms with Crippen LogP contribution in [0.1, 0.15) is 20.8 Å². The molecule has 0 aliphatic rings. The molecule has 21 heavy (non-hydrogen) atoms. The molecule has 0 spiro atoms. The maximum Gasteiger partial charge on any atom is 0.323 e. The molecule has 6 heteroatoms. The Labute approximate surface area is 124 Å². The van der Waals surface area contributed by atoms with Crippen LogP contribution in [0.5, 0.6) is 5.75 Å². The number of anilines is 1. The molecule has 0 aromatic heterocycles. The van der Waals surface area contributed by atoms with E-state index in [-0.39, 0.29) is 12.5 Å². The monoisotopic (exact) mass is 294 g/mol. The van der Waals surface area contributed by atoms with Crippen molar-refractivity contribution in [3.63, 3.8) is 0 Å². The number of para-hydroxylation sites is 2. The van der Waals surface area contributed by atoms with Crippen molar-refractivity contribution in [2.75, 3.05) is 25.5 Å². The van der Waals surface area contributed by atoms with Crippen molar-refractivity contribution in [1.82, 2.24) is 4.90 Å². The lowest BCUT2D eigenvalue weighted by Gasteiger charge is -2.33. The number of carboxylic acids is 1. The molecule has 0 saturated carbocycles. The van der Waals surface area contributed by atoms with Gasteiger partial charge in [0.25, 0.3) is 0 Å². The highest BCUT2D eigenvalue weighted by molar-refractivity contribution is 5.94. The maximum absolute atomic E-state index is 12.1. The molecule has 0 bridgehead atoms. The van der Waals surface area contributed by atoms with Gasteiger partial charge in [-0.25, -0.2) is 0 Å². The van der Waals surface area contributed by atoms with E-state index in [2.05, 4.69) is 5.32 Å². The van der Waals surface area contributed by atoms with Gasteiger partial charge in [0.1, 0.15) is 11.3 Å². The van der Waals surface area contributed by atoms with Crippen molar-refractivity contribution in [2.45, 2.75) is 26.3 Å². The number of benzene rings is 1. The number of likely N-dealkylation sites (N-methyl/N-ethyl adjacent to an activating group) is 1. The number of carboxylic acid groups (broad SMARTS) is 1. The van der Waals surface area contributed by atoms with Crippen molar-refractivity contribution in [2.24, 2.45) is 0 Å². The van der Waals surface area contributed by atoms with Gasteiger partial charge in [0.05, 0.1) is 19.3 Å².